The van der Waals surface area contributed by atoms with Crippen molar-refractivity contribution in [3.05, 3.63) is 11.8 Å². The van der Waals surface area contributed by atoms with Crippen molar-refractivity contribution >= 4 is 11.7 Å². The van der Waals surface area contributed by atoms with Gasteiger partial charge in [-0.1, -0.05) is 5.16 Å². The van der Waals surface area contributed by atoms with Gasteiger partial charge in [-0.2, -0.15) is 0 Å². The molecule has 1 heterocycles. The highest BCUT2D eigenvalue weighted by atomic mass is 16.5. The van der Waals surface area contributed by atoms with Gasteiger partial charge in [0.25, 0.3) is 0 Å². The van der Waals surface area contributed by atoms with E-state index in [1.54, 1.807) is 27.0 Å². The van der Waals surface area contributed by atoms with Crippen LogP contribution < -0.4 is 10.6 Å². The van der Waals surface area contributed by atoms with Gasteiger partial charge in [-0.25, -0.2) is 0 Å². The minimum atomic E-state index is -0.239. The predicted molar refractivity (Wildman–Crippen MR) is 48.4 cm³/mol. The molecule has 5 nitrogen and oxygen atoms in total. The lowest BCUT2D eigenvalue weighted by molar-refractivity contribution is -0.117. The van der Waals surface area contributed by atoms with Crippen molar-refractivity contribution in [3.8, 4) is 0 Å². The Hall–Kier alpha value is -1.36. The zero-order valence-electron chi connectivity index (χ0n) is 7.92. The average molecular weight is 183 g/mol. The summed E-state index contributed by atoms with van der Waals surface area (Å²) in [6.07, 6.45) is 0. The summed E-state index contributed by atoms with van der Waals surface area (Å²) in [6.45, 7) is 3.53. The van der Waals surface area contributed by atoms with E-state index in [0.29, 0.717) is 11.6 Å². The minimum absolute atomic E-state index is 0.129. The van der Waals surface area contributed by atoms with Crippen molar-refractivity contribution in [2.75, 3.05) is 12.4 Å². The van der Waals surface area contributed by atoms with E-state index in [0.717, 1.165) is 0 Å². The number of rotatable bonds is 3. The van der Waals surface area contributed by atoms with Crippen LogP contribution in [0, 0.1) is 6.92 Å². The maximum atomic E-state index is 11.3. The van der Waals surface area contributed by atoms with Crippen LogP contribution >= 0.6 is 0 Å². The minimum Gasteiger partial charge on any atom is -0.360 e. The van der Waals surface area contributed by atoms with Gasteiger partial charge in [0.1, 0.15) is 5.76 Å². The van der Waals surface area contributed by atoms with Crippen LogP contribution in [-0.2, 0) is 4.79 Å². The van der Waals surface area contributed by atoms with E-state index < -0.39 is 0 Å². The highest BCUT2D eigenvalue weighted by Gasteiger charge is 2.11. The van der Waals surface area contributed by atoms with Gasteiger partial charge in [-0.15, -0.1) is 0 Å². The van der Waals surface area contributed by atoms with Crippen LogP contribution in [0.3, 0.4) is 0 Å². The largest absolute Gasteiger partial charge is 0.360 e. The summed E-state index contributed by atoms with van der Waals surface area (Å²) in [6, 6.07) is 1.43. The maximum absolute atomic E-state index is 11.3. The first-order chi connectivity index (χ1) is 6.13. The van der Waals surface area contributed by atoms with Crippen molar-refractivity contribution in [3.63, 3.8) is 0 Å². The number of amides is 1. The molecule has 0 aliphatic carbocycles. The molecule has 0 bridgehead atoms. The molecule has 13 heavy (non-hydrogen) atoms. The first-order valence-electron chi connectivity index (χ1n) is 4.05. The third kappa shape index (κ3) is 2.55. The molecule has 1 amide bonds. The molecule has 0 aromatic carbocycles. The molecular formula is C8H13N3O2. The Morgan fingerprint density at radius 1 is 1.69 bits per heavy atom. The van der Waals surface area contributed by atoms with Gasteiger partial charge in [-0.3, -0.25) is 4.79 Å². The molecule has 1 unspecified atom stereocenters. The van der Waals surface area contributed by atoms with Crippen molar-refractivity contribution < 1.29 is 9.32 Å². The quantitative estimate of drug-likeness (QED) is 0.717. The van der Waals surface area contributed by atoms with E-state index in [2.05, 4.69) is 15.8 Å². The molecule has 2 N–H and O–H groups in total. The molecule has 0 radical (unpaired) electrons. The lowest BCUT2D eigenvalue weighted by Gasteiger charge is -2.07. The van der Waals surface area contributed by atoms with Gasteiger partial charge in [0.05, 0.1) is 6.04 Å². The maximum Gasteiger partial charge on any atom is 0.242 e. The van der Waals surface area contributed by atoms with Crippen LogP contribution in [0.4, 0.5) is 5.82 Å². The standard InChI is InChI=1S/C8H13N3O2/c1-5-4-7(11-13-5)10-8(12)6(2)9-3/h4,6,9H,1-3H3,(H,10,11,12). The van der Waals surface area contributed by atoms with E-state index in [-0.39, 0.29) is 11.9 Å². The summed E-state index contributed by atoms with van der Waals surface area (Å²) in [7, 11) is 1.72. The van der Waals surface area contributed by atoms with Crippen molar-refractivity contribution in [1.29, 1.82) is 0 Å². The Bertz CT molecular complexity index is 295. The number of carbonyl (C=O) groups excluding carboxylic acids is 1. The number of likely N-dealkylation sites (N-methyl/N-ethyl adjacent to an activating group) is 1. The van der Waals surface area contributed by atoms with Crippen LogP contribution in [0.2, 0.25) is 0 Å². The van der Waals surface area contributed by atoms with Crippen LogP contribution in [0.1, 0.15) is 12.7 Å². The highest BCUT2D eigenvalue weighted by molar-refractivity contribution is 5.93. The normalized spacial score (nSPS) is 12.5. The van der Waals surface area contributed by atoms with Crippen molar-refractivity contribution in [2.24, 2.45) is 0 Å². The van der Waals surface area contributed by atoms with E-state index in [1.807, 2.05) is 0 Å². The van der Waals surface area contributed by atoms with Gasteiger partial charge in [0.2, 0.25) is 5.91 Å². The highest BCUT2D eigenvalue weighted by Crippen LogP contribution is 2.06. The number of aryl methyl sites for hydroxylation is 1. The number of nitrogens with one attached hydrogen (secondary N) is 2. The Morgan fingerprint density at radius 3 is 2.85 bits per heavy atom. The summed E-state index contributed by atoms with van der Waals surface area (Å²) < 4.78 is 4.79. The smallest absolute Gasteiger partial charge is 0.242 e. The Balaban J connectivity index is 2.54. The number of nitrogens with zero attached hydrogens (tertiary/aromatic N) is 1. The van der Waals surface area contributed by atoms with Gasteiger partial charge < -0.3 is 15.2 Å². The zero-order valence-corrected chi connectivity index (χ0v) is 7.92. The molecule has 1 rings (SSSR count). The van der Waals surface area contributed by atoms with E-state index in [1.165, 1.54) is 0 Å². The van der Waals surface area contributed by atoms with E-state index >= 15 is 0 Å². The number of aromatic nitrogens is 1. The van der Waals surface area contributed by atoms with E-state index in [9.17, 15) is 4.79 Å². The van der Waals surface area contributed by atoms with Crippen molar-refractivity contribution in [1.82, 2.24) is 10.5 Å². The molecule has 0 aliphatic heterocycles. The lowest BCUT2D eigenvalue weighted by Crippen LogP contribution is -2.35. The van der Waals surface area contributed by atoms with E-state index in [4.69, 9.17) is 4.52 Å². The molecule has 0 saturated carbocycles. The SMILES string of the molecule is CNC(C)C(=O)Nc1cc(C)on1. The van der Waals surface area contributed by atoms with Crippen LogP contribution in [-0.4, -0.2) is 24.2 Å². The molecule has 0 fully saturated rings. The van der Waals surface area contributed by atoms with Crippen LogP contribution in [0.5, 0.6) is 0 Å². The van der Waals surface area contributed by atoms with Gasteiger partial charge in [0.15, 0.2) is 5.82 Å². The summed E-state index contributed by atoms with van der Waals surface area (Å²) in [4.78, 5) is 11.3. The molecule has 1 atom stereocenters. The molecule has 1 aromatic rings. The first-order valence-corrected chi connectivity index (χ1v) is 4.05. The fourth-order valence-electron chi connectivity index (χ4n) is 0.791. The fourth-order valence-corrected chi connectivity index (χ4v) is 0.791. The molecule has 0 aliphatic rings. The average Bonchev–Trinajstić information content (AvgIpc) is 2.49. The second-order valence-corrected chi connectivity index (χ2v) is 2.82. The predicted octanol–water partition coefficient (Wildman–Crippen LogP) is 0.529. The lowest BCUT2D eigenvalue weighted by atomic mass is 10.3. The molecular weight excluding hydrogens is 170 g/mol. The summed E-state index contributed by atoms with van der Waals surface area (Å²) >= 11 is 0. The van der Waals surface area contributed by atoms with Gasteiger partial charge in [-0.05, 0) is 20.9 Å². The summed E-state index contributed by atoms with van der Waals surface area (Å²) in [5.74, 6) is 0.993. The number of hydrogen-bond acceptors (Lipinski definition) is 4. The Morgan fingerprint density at radius 2 is 2.38 bits per heavy atom. The molecule has 5 heteroatoms. The number of anilines is 1. The summed E-state index contributed by atoms with van der Waals surface area (Å²) in [5, 5.41) is 9.07. The fraction of sp³-hybridized carbons (Fsp3) is 0.500. The topological polar surface area (TPSA) is 67.2 Å². The second-order valence-electron chi connectivity index (χ2n) is 2.82. The second kappa shape index (κ2) is 4.04. The molecule has 0 saturated heterocycles. The Kier molecular flexibility index (Phi) is 3.02. The first kappa shape index (κ1) is 9.73. The Labute approximate surface area is 76.5 Å². The van der Waals surface area contributed by atoms with Crippen LogP contribution in [0.25, 0.3) is 0 Å². The van der Waals surface area contributed by atoms with Gasteiger partial charge >= 0.3 is 0 Å². The number of carbonyl (C=O) groups is 1. The monoisotopic (exact) mass is 183 g/mol. The third-order valence-corrected chi connectivity index (χ3v) is 1.71. The third-order valence-electron chi connectivity index (χ3n) is 1.71. The zero-order chi connectivity index (χ0) is 9.84. The van der Waals surface area contributed by atoms with Crippen LogP contribution in [0.15, 0.2) is 10.6 Å². The number of hydrogen-bond donors (Lipinski definition) is 2. The summed E-state index contributed by atoms with van der Waals surface area (Å²) in [5.41, 5.74) is 0. The molecule has 72 valence electrons. The molecule has 0 spiro atoms. The van der Waals surface area contributed by atoms with Crippen molar-refractivity contribution in [2.45, 2.75) is 19.9 Å². The van der Waals surface area contributed by atoms with Gasteiger partial charge in [0, 0.05) is 6.07 Å². The molecule has 1 aromatic heterocycles.